The average molecular weight is 650 g/mol. The molecule has 0 saturated carbocycles. The Bertz CT molecular complexity index is 1560. The number of carbonyl (C=O) groups excluding carboxylic acids is 1. The van der Waals surface area contributed by atoms with Crippen LogP contribution in [0.15, 0.2) is 93.7 Å². The zero-order chi connectivity index (χ0) is 29.5. The van der Waals surface area contributed by atoms with E-state index in [1.807, 2.05) is 86.6 Å². The van der Waals surface area contributed by atoms with Gasteiger partial charge in [0.05, 0.1) is 12.2 Å². The smallest absolute Gasteiger partial charge is 0.338 e. The third-order valence-corrected chi connectivity index (χ3v) is 8.16. The molecule has 1 aliphatic heterocycles. The average Bonchev–Trinajstić information content (AvgIpc) is 3.41. The summed E-state index contributed by atoms with van der Waals surface area (Å²) < 4.78 is 20.8. The van der Waals surface area contributed by atoms with Gasteiger partial charge in [0.25, 0.3) is 0 Å². The number of aromatic nitrogens is 3. The molecule has 218 valence electrons. The van der Waals surface area contributed by atoms with Crippen molar-refractivity contribution in [3.8, 4) is 11.5 Å². The fourth-order valence-electron chi connectivity index (χ4n) is 4.58. The van der Waals surface area contributed by atoms with Crippen LogP contribution in [-0.4, -0.2) is 33.1 Å². The molecule has 0 spiro atoms. The summed E-state index contributed by atoms with van der Waals surface area (Å²) in [6, 6.07) is 22.8. The third-order valence-electron chi connectivity index (χ3n) is 6.59. The molecule has 1 unspecified atom stereocenters. The summed E-state index contributed by atoms with van der Waals surface area (Å²) >= 11 is 5.05. The standard InChI is InChI=1S/C32H33BrN4O4S/c1-4-17-42-32-35-31-34-21(3)28(30(38)41-20-22-9-7-6-8-10-22)29(37(31)36-32)24-13-16-26(27(18-24)39-5-2)40-19-23-11-14-25(33)15-12-23/h6-16,18,29H,4-5,17,19-20H2,1-3H3,(H,34,35,36). The molecule has 5 rings (SSSR count). The quantitative estimate of drug-likeness (QED) is 0.124. The van der Waals surface area contributed by atoms with Gasteiger partial charge in [-0.05, 0) is 61.2 Å². The number of carbonyl (C=O) groups is 1. The van der Waals surface area contributed by atoms with E-state index in [1.165, 1.54) is 0 Å². The predicted molar refractivity (Wildman–Crippen MR) is 168 cm³/mol. The lowest BCUT2D eigenvalue weighted by Gasteiger charge is -2.28. The van der Waals surface area contributed by atoms with Crippen LogP contribution in [0.25, 0.3) is 0 Å². The van der Waals surface area contributed by atoms with E-state index < -0.39 is 12.0 Å². The maximum Gasteiger partial charge on any atom is 0.338 e. The summed E-state index contributed by atoms with van der Waals surface area (Å²) in [7, 11) is 0. The van der Waals surface area contributed by atoms with Crippen LogP contribution < -0.4 is 14.8 Å². The number of anilines is 1. The molecule has 1 atom stereocenters. The highest BCUT2D eigenvalue weighted by Gasteiger charge is 2.36. The van der Waals surface area contributed by atoms with Crippen LogP contribution in [0, 0.1) is 0 Å². The van der Waals surface area contributed by atoms with Crippen molar-refractivity contribution in [1.29, 1.82) is 0 Å². The first-order chi connectivity index (χ1) is 20.5. The zero-order valence-electron chi connectivity index (χ0n) is 23.8. The molecular weight excluding hydrogens is 616 g/mol. The molecule has 2 heterocycles. The molecule has 1 aromatic heterocycles. The fraction of sp³-hybridized carbons (Fsp3) is 0.281. The largest absolute Gasteiger partial charge is 0.490 e. The van der Waals surface area contributed by atoms with E-state index in [0.29, 0.717) is 47.1 Å². The summed E-state index contributed by atoms with van der Waals surface area (Å²) in [6.07, 6.45) is 0.999. The first kappa shape index (κ1) is 29.7. The van der Waals surface area contributed by atoms with Crippen molar-refractivity contribution in [2.24, 2.45) is 0 Å². The Hall–Kier alpha value is -3.76. The van der Waals surface area contributed by atoms with Crippen molar-refractivity contribution in [3.05, 3.63) is 105 Å². The first-order valence-corrected chi connectivity index (χ1v) is 15.7. The van der Waals surface area contributed by atoms with Gasteiger partial charge in [0, 0.05) is 15.9 Å². The van der Waals surface area contributed by atoms with Gasteiger partial charge in [-0.3, -0.25) is 0 Å². The number of nitrogens with zero attached hydrogens (tertiary/aromatic N) is 3. The van der Waals surface area contributed by atoms with Gasteiger partial charge < -0.3 is 19.5 Å². The Kier molecular flexibility index (Phi) is 9.86. The van der Waals surface area contributed by atoms with Crippen LogP contribution in [0.2, 0.25) is 0 Å². The number of hydrogen-bond donors (Lipinski definition) is 1. The third kappa shape index (κ3) is 6.99. The van der Waals surface area contributed by atoms with E-state index >= 15 is 0 Å². The second-order valence-electron chi connectivity index (χ2n) is 9.69. The minimum absolute atomic E-state index is 0.165. The highest BCUT2D eigenvalue weighted by molar-refractivity contribution is 9.10. The maximum absolute atomic E-state index is 13.7. The first-order valence-electron chi connectivity index (χ1n) is 13.9. The minimum Gasteiger partial charge on any atom is -0.490 e. The Morgan fingerprint density at radius 2 is 1.74 bits per heavy atom. The van der Waals surface area contributed by atoms with Crippen molar-refractivity contribution in [1.82, 2.24) is 14.8 Å². The maximum atomic E-state index is 13.7. The van der Waals surface area contributed by atoms with Crippen LogP contribution in [-0.2, 0) is 22.7 Å². The SMILES string of the molecule is CCCSc1nc2n(n1)C(c1ccc(OCc3ccc(Br)cc3)c(OCC)c1)C(C(=O)OCc1ccccc1)=C(C)N2. The number of nitrogens with one attached hydrogen (secondary N) is 1. The Labute approximate surface area is 258 Å². The number of esters is 1. The number of allylic oxidation sites excluding steroid dienone is 1. The van der Waals surface area contributed by atoms with Gasteiger partial charge in [-0.15, -0.1) is 5.10 Å². The molecule has 4 aromatic rings. The summed E-state index contributed by atoms with van der Waals surface area (Å²) in [6.45, 7) is 6.92. The van der Waals surface area contributed by atoms with Gasteiger partial charge in [-0.2, -0.15) is 4.98 Å². The van der Waals surface area contributed by atoms with Crippen molar-refractivity contribution in [2.75, 3.05) is 17.7 Å². The van der Waals surface area contributed by atoms with Gasteiger partial charge in [-0.1, -0.05) is 83.1 Å². The van der Waals surface area contributed by atoms with Gasteiger partial charge in [0.15, 0.2) is 11.5 Å². The molecule has 8 nitrogen and oxygen atoms in total. The van der Waals surface area contributed by atoms with Crippen LogP contribution in [0.1, 0.15) is 49.9 Å². The van der Waals surface area contributed by atoms with Crippen LogP contribution in [0.5, 0.6) is 11.5 Å². The molecule has 0 saturated heterocycles. The number of fused-ring (bicyclic) bond motifs is 1. The van der Waals surface area contributed by atoms with Crippen molar-refractivity contribution in [3.63, 3.8) is 0 Å². The highest BCUT2D eigenvalue weighted by Crippen LogP contribution is 2.40. The number of hydrogen-bond acceptors (Lipinski definition) is 8. The Balaban J connectivity index is 1.48. The molecule has 0 radical (unpaired) electrons. The Morgan fingerprint density at radius 1 is 0.976 bits per heavy atom. The molecule has 1 aliphatic rings. The predicted octanol–water partition coefficient (Wildman–Crippen LogP) is 7.55. The monoisotopic (exact) mass is 648 g/mol. The van der Waals surface area contributed by atoms with E-state index in [1.54, 1.807) is 16.4 Å². The van der Waals surface area contributed by atoms with Crippen molar-refractivity contribution < 1.29 is 19.0 Å². The van der Waals surface area contributed by atoms with E-state index in [9.17, 15) is 4.79 Å². The number of rotatable bonds is 12. The topological polar surface area (TPSA) is 87.5 Å². The lowest BCUT2D eigenvalue weighted by atomic mass is 9.95. The second-order valence-corrected chi connectivity index (χ2v) is 11.7. The van der Waals surface area contributed by atoms with Gasteiger partial charge in [0.1, 0.15) is 19.3 Å². The normalized spacial score (nSPS) is 14.2. The van der Waals surface area contributed by atoms with Crippen molar-refractivity contribution in [2.45, 2.75) is 51.6 Å². The summed E-state index contributed by atoms with van der Waals surface area (Å²) in [5, 5.41) is 8.72. The molecule has 0 aliphatic carbocycles. The summed E-state index contributed by atoms with van der Waals surface area (Å²) in [5.74, 6) is 2.24. The number of thioether (sulfide) groups is 1. The van der Waals surface area contributed by atoms with Crippen LogP contribution in [0.3, 0.4) is 0 Å². The molecule has 1 N–H and O–H groups in total. The summed E-state index contributed by atoms with van der Waals surface area (Å²) in [5.41, 5.74) is 3.88. The molecular formula is C32H33BrN4O4S. The number of halogens is 1. The molecule has 0 bridgehead atoms. The molecule has 42 heavy (non-hydrogen) atoms. The zero-order valence-corrected chi connectivity index (χ0v) is 26.2. The van der Waals surface area contributed by atoms with Crippen LogP contribution in [0.4, 0.5) is 5.95 Å². The fourth-order valence-corrected chi connectivity index (χ4v) is 5.53. The van der Waals surface area contributed by atoms with Gasteiger partial charge in [0.2, 0.25) is 11.1 Å². The highest BCUT2D eigenvalue weighted by atomic mass is 79.9. The summed E-state index contributed by atoms with van der Waals surface area (Å²) in [4.78, 5) is 18.4. The van der Waals surface area contributed by atoms with Gasteiger partial charge in [-0.25, -0.2) is 9.48 Å². The lowest BCUT2D eigenvalue weighted by molar-refractivity contribution is -0.140. The van der Waals surface area contributed by atoms with E-state index in [-0.39, 0.29) is 6.61 Å². The molecule has 0 fully saturated rings. The van der Waals surface area contributed by atoms with Crippen LogP contribution >= 0.6 is 27.7 Å². The molecule has 3 aromatic carbocycles. The lowest BCUT2D eigenvalue weighted by Crippen LogP contribution is -2.29. The van der Waals surface area contributed by atoms with E-state index in [4.69, 9.17) is 24.3 Å². The second kappa shape index (κ2) is 13.9. The molecule has 10 heteroatoms. The number of benzene rings is 3. The Morgan fingerprint density at radius 3 is 2.48 bits per heavy atom. The number of ether oxygens (including phenoxy) is 3. The molecule has 0 amide bonds. The van der Waals surface area contributed by atoms with E-state index in [2.05, 4.69) is 28.2 Å². The minimum atomic E-state index is -0.576. The van der Waals surface area contributed by atoms with Gasteiger partial charge >= 0.3 is 5.97 Å². The van der Waals surface area contributed by atoms with E-state index in [0.717, 1.165) is 33.3 Å². The van der Waals surface area contributed by atoms with Crippen molar-refractivity contribution >= 4 is 39.6 Å².